The monoisotopic (exact) mass is 367 g/mol. The normalized spacial score (nSPS) is 19.5. The molecule has 1 saturated heterocycles. The van der Waals surface area contributed by atoms with Crippen LogP contribution in [0.15, 0.2) is 42.5 Å². The van der Waals surface area contributed by atoms with Crippen molar-refractivity contribution in [2.75, 3.05) is 19.7 Å². The third-order valence-corrected chi connectivity index (χ3v) is 5.14. The maximum Gasteiger partial charge on any atom is 0.309 e. The molecule has 0 saturated carbocycles. The average Bonchev–Trinajstić information content (AvgIpc) is 2.58. The van der Waals surface area contributed by atoms with Gasteiger partial charge in [0.1, 0.15) is 12.4 Å². The van der Waals surface area contributed by atoms with E-state index in [9.17, 15) is 4.79 Å². The highest BCUT2D eigenvalue weighted by Gasteiger charge is 2.38. The summed E-state index contributed by atoms with van der Waals surface area (Å²) >= 11 is 5.98. The Morgan fingerprint density at radius 1 is 1.15 bits per heavy atom. The highest BCUT2D eigenvalue weighted by Crippen LogP contribution is 2.30. The lowest BCUT2D eigenvalue weighted by molar-refractivity contribution is -0.149. The Kier molecular flexibility index (Phi) is 4.58. The summed E-state index contributed by atoms with van der Waals surface area (Å²) < 4.78 is 5.92. The second-order valence-electron chi connectivity index (χ2n) is 6.74. The molecule has 1 fully saturated rings. The van der Waals surface area contributed by atoms with E-state index in [0.717, 1.165) is 28.9 Å². The summed E-state index contributed by atoms with van der Waals surface area (Å²) in [5, 5.41) is 9.68. The van der Waals surface area contributed by atoms with Crippen LogP contribution in [0.5, 0.6) is 5.75 Å². The molecular formula is C21H18ClNO3. The van der Waals surface area contributed by atoms with Crippen molar-refractivity contribution in [3.05, 3.63) is 64.2 Å². The van der Waals surface area contributed by atoms with Gasteiger partial charge in [0.25, 0.3) is 0 Å². The van der Waals surface area contributed by atoms with Gasteiger partial charge in [0.05, 0.1) is 5.92 Å². The summed E-state index contributed by atoms with van der Waals surface area (Å²) in [6.45, 7) is 1.81. The van der Waals surface area contributed by atoms with Crippen LogP contribution < -0.4 is 4.74 Å². The molecule has 2 heterocycles. The maximum atomic E-state index is 11.0. The van der Waals surface area contributed by atoms with Crippen molar-refractivity contribution in [3.8, 4) is 17.6 Å². The third-order valence-electron chi connectivity index (χ3n) is 4.91. The molecule has 1 N–H and O–H groups in total. The van der Waals surface area contributed by atoms with Gasteiger partial charge in [-0.3, -0.25) is 9.69 Å². The van der Waals surface area contributed by atoms with Gasteiger partial charge in [-0.05, 0) is 42.3 Å². The smallest absolute Gasteiger partial charge is 0.309 e. The van der Waals surface area contributed by atoms with Crippen molar-refractivity contribution < 1.29 is 14.6 Å². The second-order valence-corrected chi connectivity index (χ2v) is 7.18. The highest BCUT2D eigenvalue weighted by molar-refractivity contribution is 6.30. The second kappa shape index (κ2) is 7.03. The van der Waals surface area contributed by atoms with Gasteiger partial charge in [-0.15, -0.1) is 0 Å². The predicted octanol–water partition coefficient (Wildman–Crippen LogP) is 3.06. The van der Waals surface area contributed by atoms with Crippen LogP contribution in [0.2, 0.25) is 5.02 Å². The number of benzene rings is 2. The van der Waals surface area contributed by atoms with Gasteiger partial charge in [0.2, 0.25) is 0 Å². The van der Waals surface area contributed by atoms with Crippen molar-refractivity contribution in [3.63, 3.8) is 0 Å². The van der Waals surface area contributed by atoms with Crippen molar-refractivity contribution in [1.29, 1.82) is 0 Å². The predicted molar refractivity (Wildman–Crippen MR) is 99.6 cm³/mol. The Labute approximate surface area is 157 Å². The molecule has 26 heavy (non-hydrogen) atoms. The molecule has 0 spiro atoms. The van der Waals surface area contributed by atoms with Gasteiger partial charge in [-0.2, -0.15) is 0 Å². The average molecular weight is 368 g/mol. The number of likely N-dealkylation sites (tertiary alicyclic amines) is 1. The molecule has 0 bridgehead atoms. The van der Waals surface area contributed by atoms with Crippen LogP contribution in [0.3, 0.4) is 0 Å². The fourth-order valence-corrected chi connectivity index (χ4v) is 3.54. The van der Waals surface area contributed by atoms with Crippen LogP contribution in [0, 0.1) is 17.8 Å². The molecule has 1 unspecified atom stereocenters. The van der Waals surface area contributed by atoms with Crippen LogP contribution >= 0.6 is 11.6 Å². The molecule has 2 aromatic carbocycles. The van der Waals surface area contributed by atoms with Crippen molar-refractivity contribution in [2.45, 2.75) is 12.5 Å². The van der Waals surface area contributed by atoms with E-state index in [0.29, 0.717) is 24.7 Å². The minimum Gasteiger partial charge on any atom is -0.492 e. The molecule has 0 radical (unpaired) electrons. The molecule has 2 aromatic rings. The Morgan fingerprint density at radius 2 is 1.92 bits per heavy atom. The number of hydrogen-bond donors (Lipinski definition) is 1. The van der Waals surface area contributed by atoms with Gasteiger partial charge >= 0.3 is 5.97 Å². The first kappa shape index (κ1) is 17.0. The van der Waals surface area contributed by atoms with E-state index in [2.05, 4.69) is 22.8 Å². The lowest BCUT2D eigenvalue weighted by Crippen LogP contribution is -2.57. The summed E-state index contributed by atoms with van der Waals surface area (Å²) in [4.78, 5) is 13.1. The number of aliphatic carboxylic acids is 1. The van der Waals surface area contributed by atoms with Crippen LogP contribution in [0.4, 0.5) is 0 Å². The topological polar surface area (TPSA) is 49.8 Å². The first-order valence-electron chi connectivity index (χ1n) is 8.58. The van der Waals surface area contributed by atoms with Gasteiger partial charge in [-0.25, -0.2) is 0 Å². The molecule has 0 aliphatic carbocycles. The molecule has 0 aromatic heterocycles. The first-order chi connectivity index (χ1) is 12.6. The number of carbonyl (C=O) groups is 1. The zero-order valence-electron chi connectivity index (χ0n) is 14.1. The Morgan fingerprint density at radius 3 is 2.65 bits per heavy atom. The van der Waals surface area contributed by atoms with Crippen molar-refractivity contribution in [2.24, 2.45) is 5.92 Å². The van der Waals surface area contributed by atoms with Crippen molar-refractivity contribution >= 4 is 17.6 Å². The number of rotatable bonds is 2. The van der Waals surface area contributed by atoms with Crippen LogP contribution in [0.1, 0.15) is 16.7 Å². The molecule has 4 rings (SSSR count). The lowest BCUT2D eigenvalue weighted by atomic mass is 9.93. The summed E-state index contributed by atoms with van der Waals surface area (Å²) in [5.74, 6) is 6.19. The zero-order valence-corrected chi connectivity index (χ0v) is 14.9. The van der Waals surface area contributed by atoms with Gasteiger partial charge < -0.3 is 9.84 Å². The zero-order chi connectivity index (χ0) is 18.1. The Balaban J connectivity index is 1.44. The summed E-state index contributed by atoms with van der Waals surface area (Å²) in [6.07, 6.45) is 0.879. The van der Waals surface area contributed by atoms with Crippen LogP contribution in [-0.4, -0.2) is 41.7 Å². The number of carboxylic acid groups (broad SMARTS) is 1. The van der Waals surface area contributed by atoms with Gasteiger partial charge in [0, 0.05) is 35.3 Å². The molecule has 2 aliphatic heterocycles. The SMILES string of the molecule is O=C(O)C1CN(C2COc3cc(C#Cc4cccc(Cl)c4)ccc3C2)C1. The molecular weight excluding hydrogens is 350 g/mol. The highest BCUT2D eigenvalue weighted by atomic mass is 35.5. The van der Waals surface area contributed by atoms with E-state index in [1.807, 2.05) is 36.4 Å². The standard InChI is InChI=1S/C21H18ClNO3/c22-18-3-1-2-14(8-18)4-5-15-6-7-16-10-19(13-26-20(16)9-15)23-11-17(12-23)21(24)25/h1-3,6-9,17,19H,10-13H2,(H,24,25). The third kappa shape index (κ3) is 3.55. The Hall–Kier alpha value is -2.48. The molecule has 0 amide bonds. The largest absolute Gasteiger partial charge is 0.492 e. The molecule has 5 heteroatoms. The number of ether oxygens (including phenoxy) is 1. The molecule has 1 atom stereocenters. The van der Waals surface area contributed by atoms with Crippen molar-refractivity contribution in [1.82, 2.24) is 4.90 Å². The maximum absolute atomic E-state index is 11.0. The first-order valence-corrected chi connectivity index (χ1v) is 8.96. The minimum atomic E-state index is -0.707. The van der Waals surface area contributed by atoms with Crippen LogP contribution in [0.25, 0.3) is 0 Å². The fraction of sp³-hybridized carbons (Fsp3) is 0.286. The molecule has 4 nitrogen and oxygen atoms in total. The molecule has 2 aliphatic rings. The number of fused-ring (bicyclic) bond motifs is 1. The number of carboxylic acids is 1. The summed E-state index contributed by atoms with van der Waals surface area (Å²) in [5.41, 5.74) is 2.92. The van der Waals surface area contributed by atoms with Crippen LogP contribution in [-0.2, 0) is 11.2 Å². The number of hydrogen-bond acceptors (Lipinski definition) is 3. The summed E-state index contributed by atoms with van der Waals surface area (Å²) in [6, 6.07) is 13.7. The van der Waals surface area contributed by atoms with E-state index < -0.39 is 5.97 Å². The molecule has 132 valence electrons. The van der Waals surface area contributed by atoms with Gasteiger partial charge in [0.15, 0.2) is 0 Å². The lowest BCUT2D eigenvalue weighted by Gasteiger charge is -2.43. The quantitative estimate of drug-likeness (QED) is 0.829. The number of halogens is 1. The Bertz CT molecular complexity index is 909. The van der Waals surface area contributed by atoms with E-state index in [-0.39, 0.29) is 12.0 Å². The minimum absolute atomic E-state index is 0.236. The van der Waals surface area contributed by atoms with E-state index >= 15 is 0 Å². The fourth-order valence-electron chi connectivity index (χ4n) is 3.35. The number of nitrogens with zero attached hydrogens (tertiary/aromatic N) is 1. The van der Waals surface area contributed by atoms with Gasteiger partial charge in [-0.1, -0.05) is 35.6 Å². The summed E-state index contributed by atoms with van der Waals surface area (Å²) in [7, 11) is 0. The van der Waals surface area contributed by atoms with E-state index in [1.165, 1.54) is 0 Å². The van der Waals surface area contributed by atoms with E-state index in [1.54, 1.807) is 0 Å². The van der Waals surface area contributed by atoms with E-state index in [4.69, 9.17) is 21.4 Å².